The molecular weight excluding hydrogens is 330 g/mol. The lowest BCUT2D eigenvalue weighted by Crippen LogP contribution is -2.01. The first-order valence-electron chi connectivity index (χ1n) is 8.14. The molecule has 3 aromatic carbocycles. The van der Waals surface area contributed by atoms with Crippen LogP contribution >= 0.6 is 11.6 Å². The summed E-state index contributed by atoms with van der Waals surface area (Å²) < 4.78 is 2.12. The zero-order valence-corrected chi connectivity index (χ0v) is 14.3. The number of nitrogens with zero attached hydrogens (tertiary/aromatic N) is 1. The van der Waals surface area contributed by atoms with Gasteiger partial charge in [0.2, 0.25) is 0 Å². The van der Waals surface area contributed by atoms with Crippen LogP contribution in [-0.2, 0) is 6.54 Å². The van der Waals surface area contributed by atoms with E-state index in [-0.39, 0.29) is 5.78 Å². The number of halogens is 1. The van der Waals surface area contributed by atoms with Crippen molar-refractivity contribution in [3.05, 3.63) is 107 Å². The maximum absolute atomic E-state index is 12.9. The van der Waals surface area contributed by atoms with Crippen LogP contribution in [0.15, 0.2) is 85.1 Å². The number of carbonyl (C=O) groups is 1. The second kappa shape index (κ2) is 6.58. The number of hydrogen-bond acceptors (Lipinski definition) is 1. The van der Waals surface area contributed by atoms with Crippen molar-refractivity contribution in [3.63, 3.8) is 0 Å². The highest BCUT2D eigenvalue weighted by Gasteiger charge is 2.16. The monoisotopic (exact) mass is 345 g/mol. The summed E-state index contributed by atoms with van der Waals surface area (Å²) in [7, 11) is 0. The fourth-order valence-corrected chi connectivity index (χ4v) is 3.22. The van der Waals surface area contributed by atoms with Gasteiger partial charge in [0.05, 0.1) is 0 Å². The number of benzene rings is 3. The molecule has 3 heteroatoms. The molecule has 0 aliphatic rings. The van der Waals surface area contributed by atoms with E-state index in [1.54, 1.807) is 0 Å². The number of rotatable bonds is 4. The zero-order valence-electron chi connectivity index (χ0n) is 13.5. The molecule has 0 aliphatic heterocycles. The fourth-order valence-electron chi connectivity index (χ4n) is 3.09. The van der Waals surface area contributed by atoms with Crippen LogP contribution in [0.5, 0.6) is 0 Å². The molecule has 0 bridgehead atoms. The van der Waals surface area contributed by atoms with Crippen LogP contribution in [0.1, 0.15) is 21.5 Å². The number of fused-ring (bicyclic) bond motifs is 1. The molecule has 0 N–H and O–H groups in total. The Labute approximate surface area is 151 Å². The number of ketones is 1. The van der Waals surface area contributed by atoms with E-state index in [1.165, 1.54) is 0 Å². The number of hydrogen-bond donors (Lipinski definition) is 0. The molecule has 0 spiro atoms. The Hall–Kier alpha value is -2.84. The summed E-state index contributed by atoms with van der Waals surface area (Å²) in [4.78, 5) is 12.9. The molecule has 0 unspecified atom stereocenters. The molecule has 0 fully saturated rings. The van der Waals surface area contributed by atoms with Crippen molar-refractivity contribution in [3.8, 4) is 0 Å². The van der Waals surface area contributed by atoms with E-state index in [9.17, 15) is 4.79 Å². The molecular formula is C22H16ClNO. The van der Waals surface area contributed by atoms with Gasteiger partial charge in [-0.2, -0.15) is 0 Å². The third-order valence-corrected chi connectivity index (χ3v) is 4.59. The van der Waals surface area contributed by atoms with Gasteiger partial charge in [0.1, 0.15) is 0 Å². The average Bonchev–Trinajstić information content (AvgIpc) is 3.02. The van der Waals surface area contributed by atoms with Crippen LogP contribution in [0.3, 0.4) is 0 Å². The van der Waals surface area contributed by atoms with Crippen molar-refractivity contribution >= 4 is 28.3 Å². The quantitative estimate of drug-likeness (QED) is 0.443. The number of aromatic nitrogens is 1. The molecule has 25 heavy (non-hydrogen) atoms. The van der Waals surface area contributed by atoms with Gasteiger partial charge in [0, 0.05) is 39.8 Å². The summed E-state index contributed by atoms with van der Waals surface area (Å²) in [6.45, 7) is 0.694. The SMILES string of the molecule is O=C(c1ccccc1)c1cn(Cc2ccc(Cl)cc2)c2ccccc12. The lowest BCUT2D eigenvalue weighted by atomic mass is 10.0. The minimum absolute atomic E-state index is 0.0478. The van der Waals surface area contributed by atoms with Crippen LogP contribution in [-0.4, -0.2) is 10.4 Å². The Kier molecular flexibility index (Phi) is 4.12. The van der Waals surface area contributed by atoms with Crippen LogP contribution in [0.2, 0.25) is 5.02 Å². The molecule has 122 valence electrons. The van der Waals surface area contributed by atoms with Crippen molar-refractivity contribution in [2.75, 3.05) is 0 Å². The van der Waals surface area contributed by atoms with E-state index < -0.39 is 0 Å². The Balaban J connectivity index is 1.79. The molecule has 1 heterocycles. The van der Waals surface area contributed by atoms with E-state index in [0.717, 1.165) is 27.1 Å². The van der Waals surface area contributed by atoms with E-state index in [0.29, 0.717) is 12.1 Å². The minimum Gasteiger partial charge on any atom is -0.342 e. The maximum Gasteiger partial charge on any atom is 0.195 e. The van der Waals surface area contributed by atoms with E-state index in [2.05, 4.69) is 4.57 Å². The highest BCUT2D eigenvalue weighted by Crippen LogP contribution is 2.25. The standard InChI is InChI=1S/C22H16ClNO/c23-18-12-10-16(11-13-18)14-24-15-20(19-8-4-5-9-21(19)24)22(25)17-6-2-1-3-7-17/h1-13,15H,14H2. The predicted molar refractivity (Wildman–Crippen MR) is 102 cm³/mol. The minimum atomic E-state index is 0.0478. The summed E-state index contributed by atoms with van der Waals surface area (Å²) in [6, 6.07) is 25.2. The molecule has 0 aliphatic carbocycles. The fraction of sp³-hybridized carbons (Fsp3) is 0.0455. The van der Waals surface area contributed by atoms with Crippen molar-refractivity contribution < 1.29 is 4.79 Å². The summed E-state index contributed by atoms with van der Waals surface area (Å²) >= 11 is 5.97. The van der Waals surface area contributed by atoms with Crippen molar-refractivity contribution in [1.82, 2.24) is 4.57 Å². The third-order valence-electron chi connectivity index (χ3n) is 4.34. The molecule has 0 radical (unpaired) electrons. The molecule has 4 rings (SSSR count). The van der Waals surface area contributed by atoms with Gasteiger partial charge in [0.15, 0.2) is 5.78 Å². The van der Waals surface area contributed by atoms with Crippen molar-refractivity contribution in [2.24, 2.45) is 0 Å². The summed E-state index contributed by atoms with van der Waals surface area (Å²) in [5.74, 6) is 0.0478. The van der Waals surface area contributed by atoms with Crippen LogP contribution in [0.25, 0.3) is 10.9 Å². The zero-order chi connectivity index (χ0) is 17.2. The number of para-hydroxylation sites is 1. The normalized spacial score (nSPS) is 10.9. The summed E-state index contributed by atoms with van der Waals surface area (Å²) in [5, 5.41) is 1.70. The summed E-state index contributed by atoms with van der Waals surface area (Å²) in [5.41, 5.74) is 3.63. The second-order valence-electron chi connectivity index (χ2n) is 6.01. The number of carbonyl (C=O) groups excluding carboxylic acids is 1. The molecule has 0 saturated carbocycles. The van der Waals surface area contributed by atoms with Gasteiger partial charge in [-0.1, -0.05) is 72.3 Å². The maximum atomic E-state index is 12.9. The van der Waals surface area contributed by atoms with Crippen molar-refractivity contribution in [2.45, 2.75) is 6.54 Å². The van der Waals surface area contributed by atoms with Gasteiger partial charge in [-0.3, -0.25) is 4.79 Å². The molecule has 2 nitrogen and oxygen atoms in total. The van der Waals surface area contributed by atoms with Gasteiger partial charge >= 0.3 is 0 Å². The smallest absolute Gasteiger partial charge is 0.195 e. The summed E-state index contributed by atoms with van der Waals surface area (Å²) in [6.07, 6.45) is 1.95. The Morgan fingerprint density at radius 2 is 1.52 bits per heavy atom. The Morgan fingerprint density at radius 3 is 2.28 bits per heavy atom. The topological polar surface area (TPSA) is 22.0 Å². The van der Waals surface area contributed by atoms with Gasteiger partial charge < -0.3 is 4.57 Å². The Bertz CT molecular complexity index is 1030. The lowest BCUT2D eigenvalue weighted by molar-refractivity contribution is 0.104. The Morgan fingerprint density at radius 1 is 0.840 bits per heavy atom. The molecule has 0 saturated heterocycles. The lowest BCUT2D eigenvalue weighted by Gasteiger charge is -2.05. The highest BCUT2D eigenvalue weighted by molar-refractivity contribution is 6.30. The molecule has 4 aromatic rings. The van der Waals surface area contributed by atoms with Gasteiger partial charge in [-0.25, -0.2) is 0 Å². The van der Waals surface area contributed by atoms with E-state index >= 15 is 0 Å². The average molecular weight is 346 g/mol. The molecule has 0 atom stereocenters. The molecule has 0 amide bonds. The predicted octanol–water partition coefficient (Wildman–Crippen LogP) is 5.57. The largest absolute Gasteiger partial charge is 0.342 e. The van der Waals surface area contributed by atoms with Crippen LogP contribution < -0.4 is 0 Å². The molecule has 1 aromatic heterocycles. The highest BCUT2D eigenvalue weighted by atomic mass is 35.5. The van der Waals surface area contributed by atoms with Gasteiger partial charge in [-0.15, -0.1) is 0 Å². The second-order valence-corrected chi connectivity index (χ2v) is 6.45. The van der Waals surface area contributed by atoms with Crippen LogP contribution in [0, 0.1) is 0 Å². The van der Waals surface area contributed by atoms with Crippen LogP contribution in [0.4, 0.5) is 0 Å². The van der Waals surface area contributed by atoms with E-state index in [1.807, 2.05) is 85.1 Å². The third kappa shape index (κ3) is 3.09. The van der Waals surface area contributed by atoms with Gasteiger partial charge in [0.25, 0.3) is 0 Å². The first kappa shape index (κ1) is 15.7. The van der Waals surface area contributed by atoms with Gasteiger partial charge in [-0.05, 0) is 23.8 Å². The first-order valence-corrected chi connectivity index (χ1v) is 8.52. The van der Waals surface area contributed by atoms with E-state index in [4.69, 9.17) is 11.6 Å². The van der Waals surface area contributed by atoms with Crippen molar-refractivity contribution in [1.29, 1.82) is 0 Å². The first-order chi connectivity index (χ1) is 12.2.